The Hall–Kier alpha value is -2.70. The molecule has 0 spiro atoms. The van der Waals surface area contributed by atoms with Crippen molar-refractivity contribution in [1.29, 1.82) is 0 Å². The van der Waals surface area contributed by atoms with E-state index in [0.29, 0.717) is 11.4 Å². The Morgan fingerprint density at radius 3 is 3.05 bits per heavy atom. The van der Waals surface area contributed by atoms with Crippen molar-refractivity contribution in [2.75, 3.05) is 5.32 Å². The first-order valence-corrected chi connectivity index (χ1v) is 7.38. The summed E-state index contributed by atoms with van der Waals surface area (Å²) in [6.45, 7) is 0. The van der Waals surface area contributed by atoms with Gasteiger partial charge < -0.3 is 5.32 Å². The molecule has 3 aromatic heterocycles. The third-order valence-electron chi connectivity index (χ3n) is 4.07. The van der Waals surface area contributed by atoms with Gasteiger partial charge in [0.05, 0.1) is 17.6 Å². The first-order chi connectivity index (χ1) is 10.7. The molecule has 0 aromatic carbocycles. The molecular weight excluding hydrogens is 280 g/mol. The summed E-state index contributed by atoms with van der Waals surface area (Å²) in [5.74, 6) is -0.127. The molecule has 1 aliphatic carbocycles. The second kappa shape index (κ2) is 4.94. The SMILES string of the molecule is Cn1nc2c(c1C(=O)Nc1ccc3ncnn3c1)CCCC2. The van der Waals surface area contributed by atoms with Gasteiger partial charge in [0, 0.05) is 12.6 Å². The number of aryl methyl sites for hydroxylation is 2. The molecule has 0 bridgehead atoms. The summed E-state index contributed by atoms with van der Waals surface area (Å²) in [7, 11) is 1.83. The summed E-state index contributed by atoms with van der Waals surface area (Å²) in [6.07, 6.45) is 7.38. The van der Waals surface area contributed by atoms with Crippen LogP contribution in [0.5, 0.6) is 0 Å². The smallest absolute Gasteiger partial charge is 0.274 e. The molecule has 7 nitrogen and oxygen atoms in total. The summed E-state index contributed by atoms with van der Waals surface area (Å²) in [5, 5.41) is 11.5. The molecule has 3 heterocycles. The third-order valence-corrected chi connectivity index (χ3v) is 4.07. The Labute approximate surface area is 127 Å². The number of fused-ring (bicyclic) bond motifs is 2. The molecule has 0 radical (unpaired) electrons. The van der Waals surface area contributed by atoms with Gasteiger partial charge >= 0.3 is 0 Å². The lowest BCUT2D eigenvalue weighted by Gasteiger charge is -2.11. The van der Waals surface area contributed by atoms with Crippen LogP contribution in [0.3, 0.4) is 0 Å². The summed E-state index contributed by atoms with van der Waals surface area (Å²) in [5.41, 5.74) is 4.25. The number of aromatic nitrogens is 5. The van der Waals surface area contributed by atoms with Crippen LogP contribution in [0.15, 0.2) is 24.7 Å². The second-order valence-electron chi connectivity index (χ2n) is 5.54. The van der Waals surface area contributed by atoms with Crippen molar-refractivity contribution in [3.05, 3.63) is 41.6 Å². The highest BCUT2D eigenvalue weighted by Gasteiger charge is 2.23. The number of anilines is 1. The van der Waals surface area contributed by atoms with Gasteiger partial charge in [0.15, 0.2) is 5.65 Å². The maximum atomic E-state index is 12.6. The third kappa shape index (κ3) is 2.05. The van der Waals surface area contributed by atoms with Crippen LogP contribution < -0.4 is 5.32 Å². The Balaban J connectivity index is 1.65. The van der Waals surface area contributed by atoms with Crippen LogP contribution in [0.2, 0.25) is 0 Å². The van der Waals surface area contributed by atoms with E-state index in [4.69, 9.17) is 0 Å². The van der Waals surface area contributed by atoms with Crippen molar-refractivity contribution in [2.45, 2.75) is 25.7 Å². The lowest BCUT2D eigenvalue weighted by atomic mass is 9.95. The number of rotatable bonds is 2. The molecule has 1 aliphatic rings. The number of carbonyl (C=O) groups excluding carboxylic acids is 1. The summed E-state index contributed by atoms with van der Waals surface area (Å²) in [4.78, 5) is 16.7. The summed E-state index contributed by atoms with van der Waals surface area (Å²) < 4.78 is 3.33. The lowest BCUT2D eigenvalue weighted by Crippen LogP contribution is -2.18. The topological polar surface area (TPSA) is 77.1 Å². The largest absolute Gasteiger partial charge is 0.319 e. The molecule has 22 heavy (non-hydrogen) atoms. The van der Waals surface area contributed by atoms with Crippen LogP contribution in [0.25, 0.3) is 5.65 Å². The maximum Gasteiger partial charge on any atom is 0.274 e. The van der Waals surface area contributed by atoms with Gasteiger partial charge in [-0.15, -0.1) is 0 Å². The van der Waals surface area contributed by atoms with E-state index >= 15 is 0 Å². The molecule has 0 atom stereocenters. The van der Waals surface area contributed by atoms with Gasteiger partial charge in [-0.25, -0.2) is 9.50 Å². The second-order valence-corrected chi connectivity index (χ2v) is 5.54. The van der Waals surface area contributed by atoms with Crippen LogP contribution in [-0.4, -0.2) is 30.3 Å². The fourth-order valence-corrected chi connectivity index (χ4v) is 3.05. The van der Waals surface area contributed by atoms with E-state index in [2.05, 4.69) is 20.5 Å². The van der Waals surface area contributed by atoms with Crippen molar-refractivity contribution in [3.8, 4) is 0 Å². The van der Waals surface area contributed by atoms with E-state index < -0.39 is 0 Å². The van der Waals surface area contributed by atoms with Crippen LogP contribution >= 0.6 is 0 Å². The Morgan fingerprint density at radius 2 is 2.14 bits per heavy atom. The van der Waals surface area contributed by atoms with Gasteiger partial charge in [0.25, 0.3) is 5.91 Å². The van der Waals surface area contributed by atoms with Crippen molar-refractivity contribution in [1.82, 2.24) is 24.4 Å². The predicted octanol–water partition coefficient (Wildman–Crippen LogP) is 1.59. The number of nitrogens with one attached hydrogen (secondary N) is 1. The van der Waals surface area contributed by atoms with Crippen LogP contribution in [-0.2, 0) is 19.9 Å². The van der Waals surface area contributed by atoms with Gasteiger partial charge in [0.1, 0.15) is 12.0 Å². The molecule has 0 fully saturated rings. The number of nitrogens with zero attached hydrogens (tertiary/aromatic N) is 5. The molecule has 0 saturated heterocycles. The zero-order chi connectivity index (χ0) is 15.1. The van der Waals surface area contributed by atoms with E-state index in [0.717, 1.165) is 42.6 Å². The maximum absolute atomic E-state index is 12.6. The Kier molecular flexibility index (Phi) is 2.92. The number of carbonyl (C=O) groups is 1. The predicted molar refractivity (Wildman–Crippen MR) is 80.8 cm³/mol. The van der Waals surface area contributed by atoms with Gasteiger partial charge in [-0.1, -0.05) is 0 Å². The monoisotopic (exact) mass is 296 g/mol. The van der Waals surface area contributed by atoms with Crippen LogP contribution in [0.1, 0.15) is 34.6 Å². The molecule has 4 rings (SSSR count). The zero-order valence-electron chi connectivity index (χ0n) is 12.3. The molecule has 3 aromatic rings. The average molecular weight is 296 g/mol. The summed E-state index contributed by atoms with van der Waals surface area (Å²) >= 11 is 0. The van der Waals surface area contributed by atoms with E-state index in [9.17, 15) is 4.79 Å². The molecule has 0 unspecified atom stereocenters. The van der Waals surface area contributed by atoms with Crippen molar-refractivity contribution < 1.29 is 4.79 Å². The zero-order valence-corrected chi connectivity index (χ0v) is 12.3. The van der Waals surface area contributed by atoms with E-state index in [-0.39, 0.29) is 5.91 Å². The standard InChI is InChI=1S/C15H16N6O/c1-20-14(11-4-2-3-5-12(11)19-20)15(22)18-10-6-7-13-16-9-17-21(13)8-10/h6-9H,2-5H2,1H3,(H,18,22). The molecule has 0 saturated carbocycles. The van der Waals surface area contributed by atoms with Gasteiger partial charge in [-0.3, -0.25) is 9.48 Å². The van der Waals surface area contributed by atoms with E-state index in [1.165, 1.54) is 6.33 Å². The van der Waals surface area contributed by atoms with Crippen LogP contribution in [0, 0.1) is 0 Å². The molecule has 1 amide bonds. The fourth-order valence-electron chi connectivity index (χ4n) is 3.05. The minimum Gasteiger partial charge on any atom is -0.319 e. The normalized spacial score (nSPS) is 14.0. The molecule has 112 valence electrons. The number of hydrogen-bond acceptors (Lipinski definition) is 4. The quantitative estimate of drug-likeness (QED) is 0.779. The minimum atomic E-state index is -0.127. The Bertz CT molecular complexity index is 862. The van der Waals surface area contributed by atoms with Crippen molar-refractivity contribution in [2.24, 2.45) is 7.05 Å². The Morgan fingerprint density at radius 1 is 1.27 bits per heavy atom. The van der Waals surface area contributed by atoms with Crippen LogP contribution in [0.4, 0.5) is 5.69 Å². The van der Waals surface area contributed by atoms with E-state index in [1.54, 1.807) is 15.4 Å². The highest BCUT2D eigenvalue weighted by Crippen LogP contribution is 2.24. The highest BCUT2D eigenvalue weighted by molar-refractivity contribution is 6.04. The van der Waals surface area contributed by atoms with Crippen molar-refractivity contribution >= 4 is 17.2 Å². The summed E-state index contributed by atoms with van der Waals surface area (Å²) in [6, 6.07) is 3.64. The highest BCUT2D eigenvalue weighted by atomic mass is 16.2. The first-order valence-electron chi connectivity index (χ1n) is 7.38. The van der Waals surface area contributed by atoms with Gasteiger partial charge in [0.2, 0.25) is 0 Å². The molecule has 1 N–H and O–H groups in total. The van der Waals surface area contributed by atoms with E-state index in [1.807, 2.05) is 19.2 Å². The number of pyridine rings is 1. The molecule has 0 aliphatic heterocycles. The van der Waals surface area contributed by atoms with Gasteiger partial charge in [-0.05, 0) is 37.8 Å². The van der Waals surface area contributed by atoms with Crippen molar-refractivity contribution in [3.63, 3.8) is 0 Å². The average Bonchev–Trinajstić information content (AvgIpc) is 3.09. The lowest BCUT2D eigenvalue weighted by molar-refractivity contribution is 0.101. The number of hydrogen-bond donors (Lipinski definition) is 1. The molecular formula is C15H16N6O. The number of amides is 1. The molecule has 7 heteroatoms. The fraction of sp³-hybridized carbons (Fsp3) is 0.333. The van der Waals surface area contributed by atoms with Gasteiger partial charge in [-0.2, -0.15) is 10.2 Å². The minimum absolute atomic E-state index is 0.127. The first kappa shape index (κ1) is 13.0.